The van der Waals surface area contributed by atoms with Gasteiger partial charge < -0.3 is 10.3 Å². The van der Waals surface area contributed by atoms with E-state index in [2.05, 4.69) is 54.3 Å². The molecule has 3 nitrogen and oxygen atoms in total. The summed E-state index contributed by atoms with van der Waals surface area (Å²) in [7, 11) is 0. The predicted octanol–water partition coefficient (Wildman–Crippen LogP) is 2.88. The molecular formula is C14H19N3. The van der Waals surface area contributed by atoms with Crippen molar-refractivity contribution < 1.29 is 0 Å². The third-order valence-corrected chi connectivity index (χ3v) is 3.18. The van der Waals surface area contributed by atoms with Gasteiger partial charge in [0.25, 0.3) is 0 Å². The van der Waals surface area contributed by atoms with Crippen LogP contribution in [-0.4, -0.2) is 9.97 Å². The van der Waals surface area contributed by atoms with Crippen LogP contribution < -0.4 is 5.32 Å². The molecule has 2 rings (SSSR count). The number of benzene rings is 1. The summed E-state index contributed by atoms with van der Waals surface area (Å²) in [6, 6.07) is 6.96. The number of aryl methyl sites for hydroxylation is 2. The van der Waals surface area contributed by atoms with Crippen molar-refractivity contribution in [2.45, 2.75) is 33.4 Å². The third kappa shape index (κ3) is 2.94. The summed E-state index contributed by atoms with van der Waals surface area (Å²) in [5.74, 6) is 0. The molecule has 0 saturated heterocycles. The second-order valence-electron chi connectivity index (χ2n) is 4.52. The van der Waals surface area contributed by atoms with Crippen LogP contribution in [0.4, 0.5) is 0 Å². The Morgan fingerprint density at radius 2 is 2.12 bits per heavy atom. The molecule has 0 aliphatic carbocycles. The number of aromatic amines is 1. The van der Waals surface area contributed by atoms with Crippen LogP contribution in [0.1, 0.15) is 35.3 Å². The minimum Gasteiger partial charge on any atom is -0.347 e. The van der Waals surface area contributed by atoms with Gasteiger partial charge in [0.05, 0.1) is 6.33 Å². The molecule has 3 heteroatoms. The van der Waals surface area contributed by atoms with Gasteiger partial charge in [0.15, 0.2) is 0 Å². The van der Waals surface area contributed by atoms with Gasteiger partial charge in [-0.2, -0.15) is 0 Å². The lowest BCUT2D eigenvalue weighted by Gasteiger charge is -2.15. The van der Waals surface area contributed by atoms with Gasteiger partial charge in [0.1, 0.15) is 0 Å². The molecular weight excluding hydrogens is 210 g/mol. The molecule has 0 spiro atoms. The van der Waals surface area contributed by atoms with Gasteiger partial charge in [-0.25, -0.2) is 4.98 Å². The number of hydrogen-bond donors (Lipinski definition) is 2. The maximum Gasteiger partial charge on any atom is 0.0922 e. The van der Waals surface area contributed by atoms with Crippen molar-refractivity contribution in [1.82, 2.24) is 15.3 Å². The maximum atomic E-state index is 4.00. The number of aromatic nitrogens is 2. The average Bonchev–Trinajstić information content (AvgIpc) is 2.82. The zero-order chi connectivity index (χ0) is 12.3. The lowest BCUT2D eigenvalue weighted by atomic mass is 10.0. The third-order valence-electron chi connectivity index (χ3n) is 3.18. The molecule has 0 bridgehead atoms. The summed E-state index contributed by atoms with van der Waals surface area (Å²) in [6.07, 6.45) is 3.55. The second kappa shape index (κ2) is 5.15. The first-order valence-corrected chi connectivity index (χ1v) is 5.94. The number of hydrogen-bond acceptors (Lipinski definition) is 2. The van der Waals surface area contributed by atoms with Crippen molar-refractivity contribution in [2.75, 3.05) is 0 Å². The molecule has 1 aromatic carbocycles. The average molecular weight is 229 g/mol. The fourth-order valence-electron chi connectivity index (χ4n) is 1.80. The van der Waals surface area contributed by atoms with Crippen LogP contribution in [0.25, 0.3) is 0 Å². The van der Waals surface area contributed by atoms with Crippen LogP contribution >= 0.6 is 0 Å². The van der Waals surface area contributed by atoms with Crippen molar-refractivity contribution in [3.8, 4) is 0 Å². The summed E-state index contributed by atoms with van der Waals surface area (Å²) in [5.41, 5.74) is 5.13. The summed E-state index contributed by atoms with van der Waals surface area (Å²) in [4.78, 5) is 7.09. The molecule has 1 atom stereocenters. The quantitative estimate of drug-likeness (QED) is 0.846. The van der Waals surface area contributed by atoms with Crippen LogP contribution in [0.5, 0.6) is 0 Å². The zero-order valence-corrected chi connectivity index (χ0v) is 10.6. The minimum atomic E-state index is 0.345. The number of nitrogens with zero attached hydrogens (tertiary/aromatic N) is 1. The molecule has 1 heterocycles. The number of H-pyrrole nitrogens is 1. The van der Waals surface area contributed by atoms with Crippen molar-refractivity contribution in [3.05, 3.63) is 53.1 Å². The van der Waals surface area contributed by atoms with Crippen LogP contribution in [-0.2, 0) is 6.54 Å². The Bertz CT molecular complexity index is 474. The smallest absolute Gasteiger partial charge is 0.0922 e. The van der Waals surface area contributed by atoms with Gasteiger partial charge in [-0.15, -0.1) is 0 Å². The van der Waals surface area contributed by atoms with Gasteiger partial charge in [0, 0.05) is 24.5 Å². The molecule has 1 unspecified atom stereocenters. The van der Waals surface area contributed by atoms with E-state index in [1.165, 1.54) is 16.7 Å². The first-order chi connectivity index (χ1) is 8.16. The molecule has 0 radical (unpaired) electrons. The lowest BCUT2D eigenvalue weighted by Crippen LogP contribution is -2.18. The topological polar surface area (TPSA) is 40.7 Å². The monoisotopic (exact) mass is 229 g/mol. The highest BCUT2D eigenvalue weighted by atomic mass is 15.0. The highest BCUT2D eigenvalue weighted by molar-refractivity contribution is 5.31. The lowest BCUT2D eigenvalue weighted by molar-refractivity contribution is 0.568. The predicted molar refractivity (Wildman–Crippen MR) is 69.8 cm³/mol. The Morgan fingerprint density at radius 3 is 2.76 bits per heavy atom. The molecule has 1 aromatic heterocycles. The van der Waals surface area contributed by atoms with E-state index in [9.17, 15) is 0 Å². The van der Waals surface area contributed by atoms with Crippen molar-refractivity contribution in [3.63, 3.8) is 0 Å². The van der Waals surface area contributed by atoms with Gasteiger partial charge in [-0.05, 0) is 37.5 Å². The van der Waals surface area contributed by atoms with E-state index in [4.69, 9.17) is 0 Å². The SMILES string of the molecule is Cc1ccc(C(C)NCc2cnc[nH]2)cc1C. The largest absolute Gasteiger partial charge is 0.347 e. The van der Waals surface area contributed by atoms with Crippen LogP contribution in [0.3, 0.4) is 0 Å². The van der Waals surface area contributed by atoms with Gasteiger partial charge >= 0.3 is 0 Å². The molecule has 90 valence electrons. The highest BCUT2D eigenvalue weighted by Crippen LogP contribution is 2.16. The van der Waals surface area contributed by atoms with Crippen LogP contribution in [0, 0.1) is 13.8 Å². The summed E-state index contributed by atoms with van der Waals surface area (Å²) >= 11 is 0. The molecule has 2 aromatic rings. The van der Waals surface area contributed by atoms with Crippen LogP contribution in [0.2, 0.25) is 0 Å². The molecule has 0 aliphatic rings. The van der Waals surface area contributed by atoms with Gasteiger partial charge in [-0.1, -0.05) is 18.2 Å². The summed E-state index contributed by atoms with van der Waals surface area (Å²) in [5, 5.41) is 3.48. The molecule has 0 saturated carbocycles. The van der Waals surface area contributed by atoms with E-state index in [0.29, 0.717) is 6.04 Å². The Labute approximate surface area is 102 Å². The number of nitrogens with one attached hydrogen (secondary N) is 2. The molecule has 0 amide bonds. The normalized spacial score (nSPS) is 12.6. The van der Waals surface area contributed by atoms with Gasteiger partial charge in [-0.3, -0.25) is 0 Å². The van der Waals surface area contributed by atoms with E-state index < -0.39 is 0 Å². The second-order valence-corrected chi connectivity index (χ2v) is 4.52. The standard InChI is InChI=1S/C14H19N3/c1-10-4-5-13(6-11(10)2)12(3)16-8-14-7-15-9-17-14/h4-7,9,12,16H,8H2,1-3H3,(H,15,17). The van der Waals surface area contributed by atoms with E-state index in [-0.39, 0.29) is 0 Å². The fourth-order valence-corrected chi connectivity index (χ4v) is 1.80. The van der Waals surface area contributed by atoms with E-state index in [0.717, 1.165) is 12.2 Å². The Hall–Kier alpha value is -1.61. The molecule has 2 N–H and O–H groups in total. The summed E-state index contributed by atoms with van der Waals surface area (Å²) in [6.45, 7) is 7.29. The number of imidazole rings is 1. The maximum absolute atomic E-state index is 4.00. The summed E-state index contributed by atoms with van der Waals surface area (Å²) < 4.78 is 0. The Morgan fingerprint density at radius 1 is 1.29 bits per heavy atom. The van der Waals surface area contributed by atoms with E-state index >= 15 is 0 Å². The first kappa shape index (κ1) is 11.9. The van der Waals surface area contributed by atoms with E-state index in [1.807, 2.05) is 6.20 Å². The first-order valence-electron chi connectivity index (χ1n) is 5.94. The van der Waals surface area contributed by atoms with Crippen molar-refractivity contribution in [1.29, 1.82) is 0 Å². The number of rotatable bonds is 4. The van der Waals surface area contributed by atoms with Crippen molar-refractivity contribution >= 4 is 0 Å². The highest BCUT2D eigenvalue weighted by Gasteiger charge is 2.06. The fraction of sp³-hybridized carbons (Fsp3) is 0.357. The molecule has 0 fully saturated rings. The van der Waals surface area contributed by atoms with Crippen molar-refractivity contribution in [2.24, 2.45) is 0 Å². The molecule has 17 heavy (non-hydrogen) atoms. The van der Waals surface area contributed by atoms with E-state index in [1.54, 1.807) is 6.33 Å². The minimum absolute atomic E-state index is 0.345. The van der Waals surface area contributed by atoms with Crippen LogP contribution in [0.15, 0.2) is 30.7 Å². The molecule has 0 aliphatic heterocycles. The zero-order valence-electron chi connectivity index (χ0n) is 10.6. The Balaban J connectivity index is 1.99. The Kier molecular flexibility index (Phi) is 3.59. The van der Waals surface area contributed by atoms with Gasteiger partial charge in [0.2, 0.25) is 0 Å².